The van der Waals surface area contributed by atoms with Gasteiger partial charge in [-0.25, -0.2) is 9.18 Å². The van der Waals surface area contributed by atoms with E-state index >= 15 is 0 Å². The fraction of sp³-hybridized carbons (Fsp3) is 0.462. The molecule has 0 aliphatic carbocycles. The summed E-state index contributed by atoms with van der Waals surface area (Å²) in [4.78, 5) is 13.7. The van der Waals surface area contributed by atoms with E-state index in [-0.39, 0.29) is 16.7 Å². The predicted octanol–water partition coefficient (Wildman–Crippen LogP) is 3.74. The number of urea groups is 1. The molecule has 1 aromatic carbocycles. The van der Waals surface area contributed by atoms with Gasteiger partial charge in [-0.2, -0.15) is 0 Å². The average Bonchev–Trinajstić information content (AvgIpc) is 2.35. The molecule has 98 valence electrons. The van der Waals surface area contributed by atoms with E-state index in [9.17, 15) is 9.18 Å². The van der Waals surface area contributed by atoms with Gasteiger partial charge in [0.05, 0.1) is 10.7 Å². The lowest BCUT2D eigenvalue weighted by molar-refractivity contribution is 0.182. The van der Waals surface area contributed by atoms with Crippen molar-refractivity contribution < 1.29 is 9.18 Å². The molecular weight excluding hydrogens is 255 g/mol. The molecule has 1 aliphatic heterocycles. The van der Waals surface area contributed by atoms with Crippen LogP contribution in [-0.2, 0) is 0 Å². The molecule has 0 radical (unpaired) electrons. The molecule has 0 bridgehead atoms. The highest BCUT2D eigenvalue weighted by Crippen LogP contribution is 2.23. The number of benzene rings is 1. The number of likely N-dealkylation sites (tertiary alicyclic amines) is 1. The summed E-state index contributed by atoms with van der Waals surface area (Å²) >= 11 is 5.67. The number of nitrogens with zero attached hydrogens (tertiary/aromatic N) is 1. The number of piperidine rings is 1. The number of amides is 2. The van der Waals surface area contributed by atoms with E-state index in [1.807, 2.05) is 0 Å². The molecule has 18 heavy (non-hydrogen) atoms. The van der Waals surface area contributed by atoms with Gasteiger partial charge in [0, 0.05) is 13.1 Å². The van der Waals surface area contributed by atoms with Gasteiger partial charge in [0.1, 0.15) is 0 Å². The smallest absolute Gasteiger partial charge is 0.321 e. The minimum Gasteiger partial charge on any atom is -0.324 e. The van der Waals surface area contributed by atoms with Crippen LogP contribution in [0.1, 0.15) is 19.8 Å². The molecule has 1 unspecified atom stereocenters. The van der Waals surface area contributed by atoms with Crippen molar-refractivity contribution in [3.05, 3.63) is 29.0 Å². The molecule has 1 atom stereocenters. The molecule has 0 spiro atoms. The van der Waals surface area contributed by atoms with Crippen LogP contribution in [0.3, 0.4) is 0 Å². The first-order chi connectivity index (χ1) is 8.58. The monoisotopic (exact) mass is 270 g/mol. The molecule has 1 aliphatic rings. The van der Waals surface area contributed by atoms with Gasteiger partial charge in [-0.05, 0) is 30.9 Å². The number of nitrogens with one attached hydrogen (secondary N) is 1. The fourth-order valence-electron chi connectivity index (χ4n) is 2.17. The summed E-state index contributed by atoms with van der Waals surface area (Å²) < 4.78 is 13.6. The zero-order chi connectivity index (χ0) is 13.1. The highest BCUT2D eigenvalue weighted by molar-refractivity contribution is 6.31. The van der Waals surface area contributed by atoms with Crippen LogP contribution in [0.15, 0.2) is 18.2 Å². The van der Waals surface area contributed by atoms with E-state index in [2.05, 4.69) is 12.2 Å². The van der Waals surface area contributed by atoms with Crippen molar-refractivity contribution in [3.8, 4) is 0 Å². The van der Waals surface area contributed by atoms with Crippen LogP contribution in [0.25, 0.3) is 0 Å². The van der Waals surface area contributed by atoms with E-state index in [4.69, 9.17) is 11.6 Å². The summed E-state index contributed by atoms with van der Waals surface area (Å²) in [6.45, 7) is 3.55. The molecule has 1 heterocycles. The second-order valence-electron chi connectivity index (χ2n) is 4.72. The van der Waals surface area contributed by atoms with Crippen molar-refractivity contribution in [3.63, 3.8) is 0 Å². The lowest BCUT2D eigenvalue weighted by atomic mass is 10.0. The highest BCUT2D eigenvalue weighted by Gasteiger charge is 2.21. The second kappa shape index (κ2) is 5.57. The largest absolute Gasteiger partial charge is 0.324 e. The summed E-state index contributed by atoms with van der Waals surface area (Å²) in [5, 5.41) is 2.58. The number of anilines is 1. The lowest BCUT2D eigenvalue weighted by Gasteiger charge is -2.31. The van der Waals surface area contributed by atoms with Gasteiger partial charge in [-0.1, -0.05) is 24.6 Å². The Morgan fingerprint density at radius 1 is 1.56 bits per heavy atom. The van der Waals surface area contributed by atoms with Crippen LogP contribution in [0, 0.1) is 11.7 Å². The SMILES string of the molecule is CC1CCCN(C(=O)Nc2cccc(Cl)c2F)C1. The first-order valence-corrected chi connectivity index (χ1v) is 6.45. The number of rotatable bonds is 1. The molecule has 5 heteroatoms. The van der Waals surface area contributed by atoms with Crippen molar-refractivity contribution in [1.82, 2.24) is 4.90 Å². The lowest BCUT2D eigenvalue weighted by Crippen LogP contribution is -2.41. The van der Waals surface area contributed by atoms with Crippen LogP contribution in [0.4, 0.5) is 14.9 Å². The third-order valence-corrected chi connectivity index (χ3v) is 3.43. The Labute approximate surface area is 111 Å². The summed E-state index contributed by atoms with van der Waals surface area (Å²) in [5.41, 5.74) is 0.130. The van der Waals surface area contributed by atoms with Crippen molar-refractivity contribution in [2.45, 2.75) is 19.8 Å². The van der Waals surface area contributed by atoms with Crippen molar-refractivity contribution in [2.75, 3.05) is 18.4 Å². The standard InChI is InChI=1S/C13H16ClFN2O/c1-9-4-3-7-17(8-9)13(18)16-11-6-2-5-10(14)12(11)15/h2,5-6,9H,3-4,7-8H2,1H3,(H,16,18). The quantitative estimate of drug-likeness (QED) is 0.828. The Kier molecular flexibility index (Phi) is 4.07. The van der Waals surface area contributed by atoms with Gasteiger partial charge < -0.3 is 10.2 Å². The van der Waals surface area contributed by atoms with Gasteiger partial charge in [0.25, 0.3) is 0 Å². The van der Waals surface area contributed by atoms with Crippen LogP contribution < -0.4 is 5.32 Å². The molecule has 3 nitrogen and oxygen atoms in total. The molecule has 0 saturated carbocycles. The first kappa shape index (κ1) is 13.1. The number of halogens is 2. The Morgan fingerprint density at radius 3 is 3.06 bits per heavy atom. The zero-order valence-corrected chi connectivity index (χ0v) is 11.0. The molecule has 0 aromatic heterocycles. The van der Waals surface area contributed by atoms with E-state index in [1.165, 1.54) is 12.1 Å². The molecule has 2 amide bonds. The van der Waals surface area contributed by atoms with Gasteiger partial charge in [-0.15, -0.1) is 0 Å². The van der Waals surface area contributed by atoms with E-state index in [0.29, 0.717) is 12.5 Å². The topological polar surface area (TPSA) is 32.3 Å². The summed E-state index contributed by atoms with van der Waals surface area (Å²) in [6.07, 6.45) is 2.13. The molecular formula is C13H16ClFN2O. The van der Waals surface area contributed by atoms with Crippen molar-refractivity contribution >= 4 is 23.3 Å². The third-order valence-electron chi connectivity index (χ3n) is 3.14. The van der Waals surface area contributed by atoms with Crippen LogP contribution >= 0.6 is 11.6 Å². The molecule has 1 saturated heterocycles. The van der Waals surface area contributed by atoms with E-state index in [0.717, 1.165) is 19.4 Å². The van der Waals surface area contributed by atoms with Gasteiger partial charge >= 0.3 is 6.03 Å². The number of carbonyl (C=O) groups excluding carboxylic acids is 1. The molecule has 1 N–H and O–H groups in total. The number of hydrogen-bond donors (Lipinski definition) is 1. The van der Waals surface area contributed by atoms with Gasteiger partial charge in [0.2, 0.25) is 0 Å². The Hall–Kier alpha value is -1.29. The maximum atomic E-state index is 13.6. The van der Waals surface area contributed by atoms with Gasteiger partial charge in [-0.3, -0.25) is 0 Å². The molecule has 1 fully saturated rings. The van der Waals surface area contributed by atoms with E-state index < -0.39 is 5.82 Å². The highest BCUT2D eigenvalue weighted by atomic mass is 35.5. The zero-order valence-electron chi connectivity index (χ0n) is 10.2. The minimum absolute atomic E-state index is 0.0137. The number of carbonyl (C=O) groups is 1. The Morgan fingerprint density at radius 2 is 2.33 bits per heavy atom. The van der Waals surface area contributed by atoms with E-state index in [1.54, 1.807) is 11.0 Å². The first-order valence-electron chi connectivity index (χ1n) is 6.08. The average molecular weight is 271 g/mol. The maximum Gasteiger partial charge on any atom is 0.321 e. The van der Waals surface area contributed by atoms with Gasteiger partial charge in [0.15, 0.2) is 5.82 Å². The second-order valence-corrected chi connectivity index (χ2v) is 5.13. The minimum atomic E-state index is -0.586. The summed E-state index contributed by atoms with van der Waals surface area (Å²) in [5.74, 6) is -0.0914. The van der Waals surface area contributed by atoms with Crippen LogP contribution in [0.5, 0.6) is 0 Å². The fourth-order valence-corrected chi connectivity index (χ4v) is 2.34. The maximum absolute atomic E-state index is 13.6. The number of hydrogen-bond acceptors (Lipinski definition) is 1. The van der Waals surface area contributed by atoms with Crippen LogP contribution in [0.2, 0.25) is 5.02 Å². The molecule has 1 aromatic rings. The van der Waals surface area contributed by atoms with Crippen molar-refractivity contribution in [2.24, 2.45) is 5.92 Å². The predicted molar refractivity (Wildman–Crippen MR) is 70.4 cm³/mol. The third kappa shape index (κ3) is 2.93. The van der Waals surface area contributed by atoms with Crippen molar-refractivity contribution in [1.29, 1.82) is 0 Å². The molecule has 2 rings (SSSR count). The van der Waals surface area contributed by atoms with Crippen LogP contribution in [-0.4, -0.2) is 24.0 Å². The summed E-state index contributed by atoms with van der Waals surface area (Å²) in [6, 6.07) is 4.31. The summed E-state index contributed by atoms with van der Waals surface area (Å²) in [7, 11) is 0. The normalized spacial score (nSPS) is 19.7. The Bertz CT molecular complexity index is 453. The Balaban J connectivity index is 2.04.